The van der Waals surface area contributed by atoms with E-state index in [1.807, 2.05) is 0 Å². The summed E-state index contributed by atoms with van der Waals surface area (Å²) in [5, 5.41) is -6.77. The molecule has 0 atom stereocenters. The lowest BCUT2D eigenvalue weighted by Gasteiger charge is -2.32. The molecule has 0 aromatic rings. The molecule has 0 rings (SSSR count). The van der Waals surface area contributed by atoms with Gasteiger partial charge in [0.1, 0.15) is 0 Å². The molecule has 19 heavy (non-hydrogen) atoms. The van der Waals surface area contributed by atoms with Crippen molar-refractivity contribution >= 4 is 10.1 Å². The van der Waals surface area contributed by atoms with Crippen molar-refractivity contribution in [3.05, 3.63) is 0 Å². The summed E-state index contributed by atoms with van der Waals surface area (Å²) in [6, 6.07) is 0. The van der Waals surface area contributed by atoms with E-state index in [0.29, 0.717) is 6.92 Å². The van der Waals surface area contributed by atoms with Crippen molar-refractivity contribution in [2.75, 3.05) is 6.61 Å². The van der Waals surface area contributed by atoms with Gasteiger partial charge < -0.3 is 0 Å². The first-order valence-corrected chi connectivity index (χ1v) is 5.56. The summed E-state index contributed by atoms with van der Waals surface area (Å²) in [7, 11) is -6.67. The van der Waals surface area contributed by atoms with Gasteiger partial charge >= 0.3 is 33.4 Å². The third-order valence-corrected chi connectivity index (χ3v) is 3.13. The molecule has 0 saturated heterocycles. The van der Waals surface area contributed by atoms with Gasteiger partial charge in [-0.05, 0) is 6.92 Å². The van der Waals surface area contributed by atoms with E-state index in [9.17, 15) is 47.9 Å². The van der Waals surface area contributed by atoms with Crippen LogP contribution in [0.25, 0.3) is 0 Å². The minimum atomic E-state index is -7.27. The van der Waals surface area contributed by atoms with E-state index in [0.717, 1.165) is 0 Å². The molecule has 0 saturated carbocycles. The van der Waals surface area contributed by atoms with Crippen molar-refractivity contribution in [3.63, 3.8) is 0 Å². The molecule has 0 aliphatic heterocycles. The third kappa shape index (κ3) is 2.61. The van der Waals surface area contributed by atoms with Crippen molar-refractivity contribution < 1.29 is 52.1 Å². The van der Waals surface area contributed by atoms with Gasteiger partial charge in [0.2, 0.25) is 0 Å². The second kappa shape index (κ2) is 4.68. The molecule has 0 N–H and O–H groups in total. The monoisotopic (exact) mass is 328 g/mol. The molecule has 0 spiro atoms. The largest absolute Gasteiger partial charge is 0.460 e. The van der Waals surface area contributed by atoms with Crippen LogP contribution in [0.1, 0.15) is 6.92 Å². The summed E-state index contributed by atoms with van der Waals surface area (Å²) in [4.78, 5) is 0. The maximum Gasteiger partial charge on any atom is 0.460 e. The Hall–Kier alpha value is -0.720. The SMILES string of the molecule is CCOS(=O)(=O)C(F)(F)C(F)(F)C(F)(F)C(F)(F)F. The van der Waals surface area contributed by atoms with Crippen LogP contribution >= 0.6 is 0 Å². The highest BCUT2D eigenvalue weighted by Crippen LogP contribution is 2.54. The normalized spacial score (nSPS) is 15.7. The summed E-state index contributed by atoms with van der Waals surface area (Å²) >= 11 is 0. The molecule has 13 heteroatoms. The van der Waals surface area contributed by atoms with Crippen LogP contribution in [-0.2, 0) is 14.3 Å². The van der Waals surface area contributed by atoms with Crippen LogP contribution in [0.5, 0.6) is 0 Å². The van der Waals surface area contributed by atoms with Gasteiger partial charge in [-0.1, -0.05) is 0 Å². The quantitative estimate of drug-likeness (QED) is 0.576. The minimum absolute atomic E-state index is 0.716. The molecule has 116 valence electrons. The predicted molar refractivity (Wildman–Crippen MR) is 41.4 cm³/mol. The van der Waals surface area contributed by atoms with Crippen LogP contribution in [0.4, 0.5) is 39.5 Å². The Morgan fingerprint density at radius 1 is 0.842 bits per heavy atom. The Labute approximate surface area is 100 Å². The lowest BCUT2D eigenvalue weighted by atomic mass is 10.1. The summed E-state index contributed by atoms with van der Waals surface area (Å²) in [5.74, 6) is -14.5. The van der Waals surface area contributed by atoms with Crippen molar-refractivity contribution in [1.29, 1.82) is 0 Å². The van der Waals surface area contributed by atoms with E-state index in [1.54, 1.807) is 0 Å². The first-order chi connectivity index (χ1) is 8.06. The average Bonchev–Trinajstić information content (AvgIpc) is 2.14. The van der Waals surface area contributed by atoms with Gasteiger partial charge in [0, 0.05) is 0 Å². The molecular weight excluding hydrogens is 323 g/mol. The van der Waals surface area contributed by atoms with Gasteiger partial charge in [-0.3, -0.25) is 4.18 Å². The number of hydrogen-bond donors (Lipinski definition) is 0. The molecule has 0 aliphatic carbocycles. The number of rotatable bonds is 5. The molecule has 0 radical (unpaired) electrons. The van der Waals surface area contributed by atoms with Crippen molar-refractivity contribution in [3.8, 4) is 0 Å². The van der Waals surface area contributed by atoms with Crippen LogP contribution in [-0.4, -0.2) is 38.3 Å². The molecule has 0 aliphatic rings. The smallest absolute Gasteiger partial charge is 0.266 e. The molecule has 0 bridgehead atoms. The van der Waals surface area contributed by atoms with E-state index < -0.39 is 40.0 Å². The molecule has 0 heterocycles. The highest BCUT2D eigenvalue weighted by Gasteiger charge is 2.85. The van der Waals surface area contributed by atoms with Crippen LogP contribution in [0.15, 0.2) is 0 Å². The highest BCUT2D eigenvalue weighted by atomic mass is 32.2. The molecule has 0 aromatic heterocycles. The van der Waals surface area contributed by atoms with Crippen LogP contribution in [0, 0.1) is 0 Å². The average molecular weight is 328 g/mol. The zero-order valence-electron chi connectivity index (χ0n) is 8.74. The van der Waals surface area contributed by atoms with Gasteiger partial charge in [-0.25, -0.2) is 0 Å². The van der Waals surface area contributed by atoms with Gasteiger partial charge in [0.15, 0.2) is 0 Å². The van der Waals surface area contributed by atoms with Gasteiger partial charge in [-0.2, -0.15) is 47.9 Å². The lowest BCUT2D eigenvalue weighted by Crippen LogP contribution is -2.63. The second-order valence-corrected chi connectivity index (χ2v) is 4.68. The maximum atomic E-state index is 12.7. The number of halogens is 9. The molecule has 0 amide bonds. The van der Waals surface area contributed by atoms with Gasteiger partial charge in [0.05, 0.1) is 6.61 Å². The molecule has 0 fully saturated rings. The third-order valence-electron chi connectivity index (χ3n) is 1.70. The van der Waals surface area contributed by atoms with E-state index >= 15 is 0 Å². The van der Waals surface area contributed by atoms with Crippen molar-refractivity contribution in [1.82, 2.24) is 0 Å². The van der Waals surface area contributed by atoms with Crippen molar-refractivity contribution in [2.45, 2.75) is 30.2 Å². The molecular formula is C6H5F9O3S. The maximum absolute atomic E-state index is 12.7. The summed E-state index contributed by atoms with van der Waals surface area (Å²) in [6.45, 7) is -0.445. The molecule has 3 nitrogen and oxygen atoms in total. The van der Waals surface area contributed by atoms with E-state index in [-0.39, 0.29) is 0 Å². The van der Waals surface area contributed by atoms with Crippen LogP contribution < -0.4 is 0 Å². The summed E-state index contributed by atoms with van der Waals surface area (Å²) in [6.07, 6.45) is -7.08. The Balaban J connectivity index is 5.92. The molecule has 0 unspecified atom stereocenters. The topological polar surface area (TPSA) is 43.4 Å². The Bertz CT molecular complexity index is 424. The zero-order chi connectivity index (χ0) is 15.9. The Morgan fingerprint density at radius 3 is 1.47 bits per heavy atom. The fraction of sp³-hybridized carbons (Fsp3) is 1.00. The van der Waals surface area contributed by atoms with E-state index in [2.05, 4.69) is 4.18 Å². The van der Waals surface area contributed by atoms with Gasteiger partial charge in [0.25, 0.3) is 0 Å². The Morgan fingerprint density at radius 2 is 1.21 bits per heavy atom. The lowest BCUT2D eigenvalue weighted by molar-refractivity contribution is -0.382. The number of alkyl halides is 9. The summed E-state index contributed by atoms with van der Waals surface area (Å²) < 4.78 is 134. The second-order valence-electron chi connectivity index (χ2n) is 3.02. The number of hydrogen-bond acceptors (Lipinski definition) is 3. The summed E-state index contributed by atoms with van der Waals surface area (Å²) in [5.41, 5.74) is 0. The first kappa shape index (κ1) is 18.3. The fourth-order valence-electron chi connectivity index (χ4n) is 0.747. The standard InChI is InChI=1S/C6H5F9O3S/c1-2-18-19(16,17)6(14,15)4(9,10)3(7,8)5(11,12)13/h2H2,1H3. The fourth-order valence-corrected chi connectivity index (χ4v) is 1.65. The van der Waals surface area contributed by atoms with E-state index in [1.165, 1.54) is 0 Å². The molecule has 0 aromatic carbocycles. The van der Waals surface area contributed by atoms with Crippen molar-refractivity contribution in [2.24, 2.45) is 0 Å². The first-order valence-electron chi connectivity index (χ1n) is 4.15. The van der Waals surface area contributed by atoms with Crippen LogP contribution in [0.2, 0.25) is 0 Å². The predicted octanol–water partition coefficient (Wildman–Crippen LogP) is 2.78. The minimum Gasteiger partial charge on any atom is -0.266 e. The zero-order valence-corrected chi connectivity index (χ0v) is 9.56. The van der Waals surface area contributed by atoms with E-state index in [4.69, 9.17) is 0 Å². The highest BCUT2D eigenvalue weighted by molar-refractivity contribution is 7.87. The van der Waals surface area contributed by atoms with Gasteiger partial charge in [-0.15, -0.1) is 0 Å². The Kier molecular flexibility index (Phi) is 4.50. The van der Waals surface area contributed by atoms with Crippen LogP contribution in [0.3, 0.4) is 0 Å².